The molecule has 2 amide bonds. The van der Waals surface area contributed by atoms with E-state index in [4.69, 9.17) is 5.73 Å². The van der Waals surface area contributed by atoms with Crippen LogP contribution >= 0.6 is 12.4 Å². The molecule has 0 spiro atoms. The van der Waals surface area contributed by atoms with Crippen LogP contribution in [0.2, 0.25) is 0 Å². The van der Waals surface area contributed by atoms with Gasteiger partial charge in [0.1, 0.15) is 0 Å². The smallest absolute Gasteiger partial charge is 0.238 e. The third kappa shape index (κ3) is 4.71. The Balaban J connectivity index is 0.00000225. The third-order valence-electron chi connectivity index (χ3n) is 5.01. The molecule has 0 bridgehead atoms. The fraction of sp³-hybridized carbons (Fsp3) is 0.556. The first-order valence-corrected chi connectivity index (χ1v) is 8.62. The van der Waals surface area contributed by atoms with E-state index in [1.54, 1.807) is 4.90 Å². The van der Waals surface area contributed by atoms with Crippen LogP contribution in [0.3, 0.4) is 0 Å². The molecule has 2 aliphatic heterocycles. The average molecular weight is 367 g/mol. The molecule has 1 aromatic carbocycles. The van der Waals surface area contributed by atoms with Crippen LogP contribution in [0.15, 0.2) is 24.3 Å². The molecule has 138 valence electrons. The highest BCUT2D eigenvalue weighted by Gasteiger charge is 2.33. The van der Waals surface area contributed by atoms with Crippen molar-refractivity contribution < 1.29 is 9.59 Å². The van der Waals surface area contributed by atoms with Crippen LogP contribution in [-0.2, 0) is 9.59 Å². The van der Waals surface area contributed by atoms with Gasteiger partial charge in [-0.3, -0.25) is 14.5 Å². The normalized spacial score (nSPS) is 23.6. The lowest BCUT2D eigenvalue weighted by molar-refractivity contribution is -0.117. The Morgan fingerprint density at radius 3 is 2.80 bits per heavy atom. The van der Waals surface area contributed by atoms with Crippen LogP contribution in [0.1, 0.15) is 26.2 Å². The van der Waals surface area contributed by atoms with Crippen LogP contribution in [0.25, 0.3) is 0 Å². The Kier molecular flexibility index (Phi) is 6.43. The minimum Gasteiger partial charge on any atom is -0.330 e. The largest absolute Gasteiger partial charge is 0.330 e. The molecule has 2 heterocycles. The zero-order chi connectivity index (χ0) is 17.2. The molecule has 2 fully saturated rings. The van der Waals surface area contributed by atoms with Crippen molar-refractivity contribution in [1.82, 2.24) is 4.90 Å². The number of nitrogens with zero attached hydrogens (tertiary/aromatic N) is 2. The van der Waals surface area contributed by atoms with E-state index in [1.165, 1.54) is 0 Å². The van der Waals surface area contributed by atoms with Gasteiger partial charge in [-0.1, -0.05) is 13.0 Å². The summed E-state index contributed by atoms with van der Waals surface area (Å²) >= 11 is 0. The zero-order valence-corrected chi connectivity index (χ0v) is 15.5. The van der Waals surface area contributed by atoms with Crippen LogP contribution in [0.4, 0.5) is 11.4 Å². The van der Waals surface area contributed by atoms with Crippen molar-refractivity contribution in [3.63, 3.8) is 0 Å². The van der Waals surface area contributed by atoms with Crippen molar-refractivity contribution in [2.75, 3.05) is 42.9 Å². The van der Waals surface area contributed by atoms with Crippen molar-refractivity contribution in [2.24, 2.45) is 11.1 Å². The fourth-order valence-corrected chi connectivity index (χ4v) is 3.50. The van der Waals surface area contributed by atoms with E-state index < -0.39 is 0 Å². The first-order valence-electron chi connectivity index (χ1n) is 8.62. The van der Waals surface area contributed by atoms with E-state index in [0.29, 0.717) is 19.5 Å². The minimum absolute atomic E-state index is 0. The summed E-state index contributed by atoms with van der Waals surface area (Å²) in [5, 5.41) is 2.94. The van der Waals surface area contributed by atoms with Crippen molar-refractivity contribution in [1.29, 1.82) is 0 Å². The van der Waals surface area contributed by atoms with E-state index in [0.717, 1.165) is 43.9 Å². The maximum Gasteiger partial charge on any atom is 0.238 e. The lowest BCUT2D eigenvalue weighted by Gasteiger charge is -2.22. The number of rotatable bonds is 5. The molecule has 7 heteroatoms. The molecule has 3 rings (SSSR count). The summed E-state index contributed by atoms with van der Waals surface area (Å²) in [6.45, 7) is 5.71. The number of hydrogen-bond acceptors (Lipinski definition) is 4. The van der Waals surface area contributed by atoms with Gasteiger partial charge in [0.25, 0.3) is 0 Å². The molecule has 3 N–H and O–H groups in total. The summed E-state index contributed by atoms with van der Waals surface area (Å²) < 4.78 is 0. The summed E-state index contributed by atoms with van der Waals surface area (Å²) in [6, 6.07) is 7.51. The maximum absolute atomic E-state index is 12.3. The second-order valence-electron chi connectivity index (χ2n) is 7.22. The van der Waals surface area contributed by atoms with E-state index in [9.17, 15) is 9.59 Å². The number of carbonyl (C=O) groups is 2. The number of benzene rings is 1. The summed E-state index contributed by atoms with van der Waals surface area (Å²) in [4.78, 5) is 28.1. The molecule has 0 radical (unpaired) electrons. The number of halogens is 1. The molecule has 0 aromatic heterocycles. The highest BCUT2D eigenvalue weighted by Crippen LogP contribution is 2.28. The summed E-state index contributed by atoms with van der Waals surface area (Å²) in [5.74, 6) is 0.123. The Bertz CT molecular complexity index is 639. The van der Waals surface area contributed by atoms with E-state index in [1.807, 2.05) is 24.3 Å². The average Bonchev–Trinajstić information content (AvgIpc) is 3.14. The minimum atomic E-state index is -0.0267. The summed E-state index contributed by atoms with van der Waals surface area (Å²) in [5.41, 5.74) is 7.52. The number of likely N-dealkylation sites (tertiary alicyclic amines) is 1. The quantitative estimate of drug-likeness (QED) is 0.833. The predicted molar refractivity (Wildman–Crippen MR) is 102 cm³/mol. The van der Waals surface area contributed by atoms with Crippen LogP contribution in [-0.4, -0.2) is 49.4 Å². The second-order valence-corrected chi connectivity index (χ2v) is 7.22. The van der Waals surface area contributed by atoms with E-state index in [-0.39, 0.29) is 29.6 Å². The highest BCUT2D eigenvalue weighted by atomic mass is 35.5. The molecule has 2 aliphatic rings. The van der Waals surface area contributed by atoms with Gasteiger partial charge in [-0.25, -0.2) is 0 Å². The maximum atomic E-state index is 12.3. The van der Waals surface area contributed by atoms with Gasteiger partial charge in [0.05, 0.1) is 6.54 Å². The number of nitrogens with one attached hydrogen (secondary N) is 1. The van der Waals surface area contributed by atoms with Gasteiger partial charge in [-0.05, 0) is 49.5 Å². The monoisotopic (exact) mass is 366 g/mol. The van der Waals surface area contributed by atoms with Crippen molar-refractivity contribution in [3.8, 4) is 0 Å². The van der Waals surface area contributed by atoms with Crippen LogP contribution in [0.5, 0.6) is 0 Å². The van der Waals surface area contributed by atoms with E-state index >= 15 is 0 Å². The molecular formula is C18H27ClN4O2. The summed E-state index contributed by atoms with van der Waals surface area (Å²) in [7, 11) is 0. The lowest BCUT2D eigenvalue weighted by Crippen LogP contribution is -2.35. The van der Waals surface area contributed by atoms with Gasteiger partial charge in [0, 0.05) is 30.9 Å². The molecule has 1 unspecified atom stereocenters. The zero-order valence-electron chi connectivity index (χ0n) is 14.7. The van der Waals surface area contributed by atoms with Crippen LogP contribution in [0, 0.1) is 5.41 Å². The van der Waals surface area contributed by atoms with Gasteiger partial charge in [-0.2, -0.15) is 0 Å². The molecule has 6 nitrogen and oxygen atoms in total. The Labute approximate surface area is 155 Å². The topological polar surface area (TPSA) is 78.7 Å². The first-order chi connectivity index (χ1) is 11.5. The molecule has 0 aliphatic carbocycles. The Hall–Kier alpha value is -1.63. The predicted octanol–water partition coefficient (Wildman–Crippen LogP) is 1.84. The summed E-state index contributed by atoms with van der Waals surface area (Å²) in [6.07, 6.45) is 2.53. The Morgan fingerprint density at radius 2 is 2.16 bits per heavy atom. The molecule has 0 saturated carbocycles. The number of nitrogens with two attached hydrogens (primary N) is 1. The third-order valence-corrected chi connectivity index (χ3v) is 5.01. The van der Waals surface area contributed by atoms with Crippen molar-refractivity contribution in [2.45, 2.75) is 26.2 Å². The van der Waals surface area contributed by atoms with Crippen molar-refractivity contribution >= 4 is 35.6 Å². The van der Waals surface area contributed by atoms with Gasteiger partial charge < -0.3 is 16.0 Å². The highest BCUT2D eigenvalue weighted by molar-refractivity contribution is 5.97. The molecule has 1 atom stereocenters. The standard InChI is InChI=1S/C18H26N4O2.ClH/c1-18(12-19)7-9-21(13-18)11-16(23)20-14-4-2-5-15(10-14)22-8-3-6-17(22)24;/h2,4-5,10H,3,6-9,11-13,19H2,1H3,(H,20,23);1H. The van der Waals surface area contributed by atoms with Crippen LogP contribution < -0.4 is 16.0 Å². The first kappa shape index (κ1) is 19.7. The number of amides is 2. The Morgan fingerprint density at radius 1 is 1.36 bits per heavy atom. The number of anilines is 2. The van der Waals surface area contributed by atoms with Gasteiger partial charge >= 0.3 is 0 Å². The lowest BCUT2D eigenvalue weighted by atomic mass is 9.90. The van der Waals surface area contributed by atoms with Gasteiger partial charge in [0.15, 0.2) is 0 Å². The molecule has 1 aromatic rings. The SMILES string of the molecule is CC1(CN)CCN(CC(=O)Nc2cccc(N3CCCC3=O)c2)C1.Cl. The van der Waals surface area contributed by atoms with Gasteiger partial charge in [-0.15, -0.1) is 12.4 Å². The molecular weight excluding hydrogens is 340 g/mol. The molecule has 2 saturated heterocycles. The second kappa shape index (κ2) is 8.17. The number of hydrogen-bond donors (Lipinski definition) is 2. The fourth-order valence-electron chi connectivity index (χ4n) is 3.50. The molecule has 25 heavy (non-hydrogen) atoms. The van der Waals surface area contributed by atoms with E-state index in [2.05, 4.69) is 17.1 Å². The van der Waals surface area contributed by atoms with Crippen molar-refractivity contribution in [3.05, 3.63) is 24.3 Å². The number of carbonyl (C=O) groups excluding carboxylic acids is 2. The van der Waals surface area contributed by atoms with Gasteiger partial charge in [0.2, 0.25) is 11.8 Å².